The van der Waals surface area contributed by atoms with Crippen LogP contribution in [0.4, 0.5) is 0 Å². The molecule has 0 aromatic rings. The highest BCUT2D eigenvalue weighted by Gasteiger charge is 2.41. The van der Waals surface area contributed by atoms with Gasteiger partial charge in [-0.05, 0) is 45.3 Å². The minimum absolute atomic E-state index is 0.708. The minimum Gasteiger partial charge on any atom is -0.305 e. The van der Waals surface area contributed by atoms with E-state index in [2.05, 4.69) is 37.7 Å². The van der Waals surface area contributed by atoms with Crippen LogP contribution in [0, 0.1) is 5.41 Å². The first kappa shape index (κ1) is 20.2. The van der Waals surface area contributed by atoms with E-state index in [1.165, 1.54) is 38.9 Å². The van der Waals surface area contributed by atoms with Gasteiger partial charge in [-0.15, -0.1) is 0 Å². The third-order valence-electron chi connectivity index (χ3n) is 3.72. The Morgan fingerprint density at radius 2 is 1.28 bits per heavy atom. The molecular weight excluding hydrogens is 220 g/mol. The lowest BCUT2D eigenvalue weighted by Crippen LogP contribution is -2.34. The molecule has 1 aliphatic carbocycles. The molecule has 1 fully saturated rings. The van der Waals surface area contributed by atoms with E-state index in [9.17, 15) is 0 Å². The number of hydrogen-bond donors (Lipinski definition) is 0. The molecule has 0 aliphatic heterocycles. The fourth-order valence-electron chi connectivity index (χ4n) is 1.95. The van der Waals surface area contributed by atoms with Crippen molar-refractivity contribution in [3.05, 3.63) is 0 Å². The zero-order chi connectivity index (χ0) is 14.6. The standard InChI is InChI=1S/C12H26N2.2C2H6/c1-5-12(7-8-12)11-14(4)10-9-13(3)6-2;2*1-2/h5-11H2,1-4H3;2*1-2H3. The average molecular weight is 258 g/mol. The summed E-state index contributed by atoms with van der Waals surface area (Å²) in [4.78, 5) is 4.88. The Kier molecular flexibility index (Phi) is 13.5. The summed E-state index contributed by atoms with van der Waals surface area (Å²) >= 11 is 0. The molecule has 18 heavy (non-hydrogen) atoms. The SMILES string of the molecule is CC.CC.CCN(C)CCN(C)CC1(CC)CC1. The molecular formula is C16H38N2. The van der Waals surface area contributed by atoms with Gasteiger partial charge < -0.3 is 9.80 Å². The van der Waals surface area contributed by atoms with Crippen molar-refractivity contribution in [1.82, 2.24) is 9.80 Å². The molecule has 2 heteroatoms. The highest BCUT2D eigenvalue weighted by molar-refractivity contribution is 4.93. The number of hydrogen-bond acceptors (Lipinski definition) is 2. The highest BCUT2D eigenvalue weighted by atomic mass is 15.2. The van der Waals surface area contributed by atoms with Gasteiger partial charge in [-0.25, -0.2) is 0 Å². The predicted molar refractivity (Wildman–Crippen MR) is 85.3 cm³/mol. The summed E-state index contributed by atoms with van der Waals surface area (Å²) in [5, 5.41) is 0. The second-order valence-electron chi connectivity index (χ2n) is 4.99. The second-order valence-corrected chi connectivity index (χ2v) is 4.99. The Bertz CT molecular complexity index is 164. The van der Waals surface area contributed by atoms with Crippen LogP contribution in [0.1, 0.15) is 60.8 Å². The number of rotatable bonds is 7. The molecule has 1 rings (SSSR count). The molecule has 0 atom stereocenters. The molecule has 0 spiro atoms. The van der Waals surface area contributed by atoms with Crippen molar-refractivity contribution < 1.29 is 0 Å². The number of nitrogens with zero attached hydrogens (tertiary/aromatic N) is 2. The van der Waals surface area contributed by atoms with Gasteiger partial charge in [0.1, 0.15) is 0 Å². The van der Waals surface area contributed by atoms with Gasteiger partial charge in [-0.3, -0.25) is 0 Å². The van der Waals surface area contributed by atoms with Gasteiger partial charge in [-0.2, -0.15) is 0 Å². The van der Waals surface area contributed by atoms with Crippen molar-refractivity contribution in [2.45, 2.75) is 60.8 Å². The summed E-state index contributed by atoms with van der Waals surface area (Å²) in [5.74, 6) is 0. The Balaban J connectivity index is 0. The van der Waals surface area contributed by atoms with Crippen LogP contribution in [0.2, 0.25) is 0 Å². The van der Waals surface area contributed by atoms with Crippen LogP contribution in [0.25, 0.3) is 0 Å². The van der Waals surface area contributed by atoms with E-state index in [4.69, 9.17) is 0 Å². The van der Waals surface area contributed by atoms with Gasteiger partial charge >= 0.3 is 0 Å². The van der Waals surface area contributed by atoms with Gasteiger partial charge in [0.25, 0.3) is 0 Å². The molecule has 0 bridgehead atoms. The zero-order valence-electron chi connectivity index (χ0n) is 14.3. The molecule has 1 saturated carbocycles. The minimum atomic E-state index is 0.708. The van der Waals surface area contributed by atoms with Crippen LogP contribution in [-0.4, -0.2) is 50.1 Å². The van der Waals surface area contributed by atoms with E-state index in [0.717, 1.165) is 6.54 Å². The van der Waals surface area contributed by atoms with Crippen molar-refractivity contribution in [2.75, 3.05) is 40.3 Å². The topological polar surface area (TPSA) is 6.48 Å². The van der Waals surface area contributed by atoms with Crippen LogP contribution in [0.15, 0.2) is 0 Å². The maximum atomic E-state index is 2.50. The van der Waals surface area contributed by atoms with Crippen LogP contribution < -0.4 is 0 Å². The number of likely N-dealkylation sites (N-methyl/N-ethyl adjacent to an activating group) is 2. The van der Waals surface area contributed by atoms with Crippen molar-refractivity contribution in [3.8, 4) is 0 Å². The summed E-state index contributed by atoms with van der Waals surface area (Å²) < 4.78 is 0. The lowest BCUT2D eigenvalue weighted by atomic mass is 10.0. The second kappa shape index (κ2) is 12.0. The summed E-state index contributed by atoms with van der Waals surface area (Å²) in [6.45, 7) is 17.4. The van der Waals surface area contributed by atoms with Crippen molar-refractivity contribution in [2.24, 2.45) is 5.41 Å². The van der Waals surface area contributed by atoms with Gasteiger partial charge in [0.05, 0.1) is 0 Å². The van der Waals surface area contributed by atoms with E-state index in [-0.39, 0.29) is 0 Å². The largest absolute Gasteiger partial charge is 0.305 e. The van der Waals surface area contributed by atoms with Gasteiger partial charge in [0.2, 0.25) is 0 Å². The first-order valence-electron chi connectivity index (χ1n) is 7.99. The van der Waals surface area contributed by atoms with Crippen LogP contribution in [-0.2, 0) is 0 Å². The summed E-state index contributed by atoms with van der Waals surface area (Å²) in [6.07, 6.45) is 4.27. The lowest BCUT2D eigenvalue weighted by molar-refractivity contribution is 0.223. The zero-order valence-corrected chi connectivity index (χ0v) is 14.3. The van der Waals surface area contributed by atoms with E-state index in [0.29, 0.717) is 5.41 Å². The van der Waals surface area contributed by atoms with Crippen LogP contribution >= 0.6 is 0 Å². The molecule has 1 aliphatic rings. The van der Waals surface area contributed by atoms with Crippen molar-refractivity contribution >= 4 is 0 Å². The molecule has 0 radical (unpaired) electrons. The Morgan fingerprint density at radius 3 is 1.61 bits per heavy atom. The van der Waals surface area contributed by atoms with E-state index < -0.39 is 0 Å². The average Bonchev–Trinajstić information content (AvgIpc) is 3.20. The van der Waals surface area contributed by atoms with Crippen LogP contribution in [0.5, 0.6) is 0 Å². The Morgan fingerprint density at radius 1 is 0.833 bits per heavy atom. The molecule has 0 unspecified atom stereocenters. The maximum Gasteiger partial charge on any atom is 0.0106 e. The Hall–Kier alpha value is -0.0800. The van der Waals surface area contributed by atoms with E-state index in [1.807, 2.05) is 27.7 Å². The quantitative estimate of drug-likeness (QED) is 0.678. The molecule has 112 valence electrons. The molecule has 2 nitrogen and oxygen atoms in total. The van der Waals surface area contributed by atoms with Crippen molar-refractivity contribution in [1.29, 1.82) is 0 Å². The molecule has 0 saturated heterocycles. The molecule has 0 N–H and O–H groups in total. The predicted octanol–water partition coefficient (Wildman–Crippen LogP) is 4.11. The smallest absolute Gasteiger partial charge is 0.0106 e. The van der Waals surface area contributed by atoms with Crippen molar-refractivity contribution in [3.63, 3.8) is 0 Å². The van der Waals surface area contributed by atoms with E-state index >= 15 is 0 Å². The van der Waals surface area contributed by atoms with Gasteiger partial charge in [0.15, 0.2) is 0 Å². The molecule has 0 amide bonds. The first-order chi connectivity index (χ1) is 8.62. The monoisotopic (exact) mass is 258 g/mol. The summed E-state index contributed by atoms with van der Waals surface area (Å²) in [6, 6.07) is 0. The molecule has 0 heterocycles. The summed E-state index contributed by atoms with van der Waals surface area (Å²) in [7, 11) is 4.46. The van der Waals surface area contributed by atoms with Crippen LogP contribution in [0.3, 0.4) is 0 Å². The third-order valence-corrected chi connectivity index (χ3v) is 3.72. The third kappa shape index (κ3) is 8.93. The molecule has 0 aromatic carbocycles. The lowest BCUT2D eigenvalue weighted by Gasteiger charge is -2.24. The first-order valence-corrected chi connectivity index (χ1v) is 7.99. The fraction of sp³-hybridized carbons (Fsp3) is 1.00. The fourth-order valence-corrected chi connectivity index (χ4v) is 1.95. The maximum absolute atomic E-state index is 2.50. The van der Waals surface area contributed by atoms with Gasteiger partial charge in [-0.1, -0.05) is 41.5 Å². The molecule has 0 aromatic heterocycles. The summed E-state index contributed by atoms with van der Waals surface area (Å²) in [5.41, 5.74) is 0.708. The van der Waals surface area contributed by atoms with Gasteiger partial charge in [0, 0.05) is 19.6 Å². The normalized spacial score (nSPS) is 15.7. The van der Waals surface area contributed by atoms with E-state index in [1.54, 1.807) is 0 Å². The highest BCUT2D eigenvalue weighted by Crippen LogP contribution is 2.48. The Labute approximate surface area is 117 Å².